The minimum Gasteiger partial charge on any atom is -0.497 e. The highest BCUT2D eigenvalue weighted by Crippen LogP contribution is 2.62. The maximum Gasteiger partial charge on any atom is 0.416 e. The van der Waals surface area contributed by atoms with E-state index < -0.39 is 40.7 Å². The molecule has 1 spiro atoms. The summed E-state index contributed by atoms with van der Waals surface area (Å²) >= 11 is 0. The lowest BCUT2D eigenvalue weighted by Crippen LogP contribution is -2.48. The molecule has 3 aromatic rings. The zero-order valence-corrected chi connectivity index (χ0v) is 28.9. The topological polar surface area (TPSA) is 85.3 Å². The number of nitrogens with zero attached hydrogens (tertiary/aromatic N) is 1. The molecule has 4 aliphatic rings. The summed E-state index contributed by atoms with van der Waals surface area (Å²) in [7, 11) is 3.14. The number of methoxy groups -OCH3 is 2. The predicted octanol–water partition coefficient (Wildman–Crippen LogP) is 8.65. The molecular formula is C40H44F3NO6. The number of carbonyl (C=O) groups excluding carboxylic acids is 2. The monoisotopic (exact) mass is 691 g/mol. The Morgan fingerprint density at radius 1 is 1.04 bits per heavy atom. The van der Waals surface area contributed by atoms with E-state index in [1.807, 2.05) is 24.3 Å². The van der Waals surface area contributed by atoms with Crippen LogP contribution in [-0.4, -0.2) is 54.4 Å². The summed E-state index contributed by atoms with van der Waals surface area (Å²) in [5.41, 5.74) is 1.28. The third-order valence-corrected chi connectivity index (χ3v) is 11.2. The molecule has 1 heterocycles. The lowest BCUT2D eigenvalue weighted by molar-refractivity contribution is -0.137. The van der Waals surface area contributed by atoms with Crippen molar-refractivity contribution < 1.29 is 42.1 Å². The number of hydrogen-bond donors (Lipinski definition) is 1. The average molecular weight is 692 g/mol. The molecule has 10 heteroatoms. The van der Waals surface area contributed by atoms with Gasteiger partial charge in [-0.2, -0.15) is 13.2 Å². The van der Waals surface area contributed by atoms with E-state index in [1.54, 1.807) is 31.3 Å². The number of carbonyl (C=O) groups is 2. The summed E-state index contributed by atoms with van der Waals surface area (Å²) < 4.78 is 58.5. The number of benzene rings is 3. The molecule has 266 valence electrons. The van der Waals surface area contributed by atoms with Gasteiger partial charge in [0.2, 0.25) is 0 Å². The SMILES string of the molecule is COc1ccc(CN2CC3(CCC4c5ccc(cc5C(=O)c5cccc(C(F)(F)F)c5)CC(O)CCC(C)=CCCC43C)OC2=O)c(OC)c1. The smallest absolute Gasteiger partial charge is 0.416 e. The molecular weight excluding hydrogens is 647 g/mol. The Bertz CT molecular complexity index is 1800. The molecule has 2 fully saturated rings. The van der Waals surface area contributed by atoms with E-state index in [0.29, 0.717) is 74.1 Å². The lowest BCUT2D eigenvalue weighted by atomic mass is 9.64. The van der Waals surface area contributed by atoms with Crippen molar-refractivity contribution >= 4 is 11.9 Å². The van der Waals surface area contributed by atoms with Gasteiger partial charge in [-0.15, -0.1) is 0 Å². The standard InChI is InChI=1S/C40H44F3NO6/c1-25-7-6-17-38(2)34(16-18-39(38)24-44(37(47)50-39)23-28-12-14-31(48-3)22-35(28)49-4)32-15-11-26(19-30(45)13-10-25)20-33(32)36(46)27-8-5-9-29(21-27)40(41,42)43/h5,7-9,11-12,14-15,20-22,30,34,45H,6,10,13,16-19,23-24H2,1-4H3. The van der Waals surface area contributed by atoms with Gasteiger partial charge in [0.1, 0.15) is 17.1 Å². The van der Waals surface area contributed by atoms with Gasteiger partial charge in [0.15, 0.2) is 5.78 Å². The van der Waals surface area contributed by atoms with E-state index in [0.717, 1.165) is 23.3 Å². The highest BCUT2D eigenvalue weighted by molar-refractivity contribution is 6.10. The molecule has 7 nitrogen and oxygen atoms in total. The zero-order valence-electron chi connectivity index (χ0n) is 28.9. The molecule has 4 unspecified atom stereocenters. The molecule has 0 radical (unpaired) electrons. The Morgan fingerprint density at radius 3 is 2.58 bits per heavy atom. The largest absolute Gasteiger partial charge is 0.497 e. The molecule has 1 saturated carbocycles. The number of allylic oxidation sites excluding steroid dienone is 2. The van der Waals surface area contributed by atoms with Gasteiger partial charge < -0.3 is 19.3 Å². The molecule has 2 bridgehead atoms. The van der Waals surface area contributed by atoms with Gasteiger partial charge in [-0.05, 0) is 99.2 Å². The van der Waals surface area contributed by atoms with E-state index in [4.69, 9.17) is 14.2 Å². The molecule has 1 amide bonds. The van der Waals surface area contributed by atoms with Crippen molar-refractivity contribution in [2.45, 2.75) is 89.1 Å². The maximum atomic E-state index is 14.3. The van der Waals surface area contributed by atoms with Crippen LogP contribution in [0, 0.1) is 5.41 Å². The van der Waals surface area contributed by atoms with Gasteiger partial charge in [0, 0.05) is 28.2 Å². The van der Waals surface area contributed by atoms with Crippen LogP contribution in [0.3, 0.4) is 0 Å². The lowest BCUT2D eigenvalue weighted by Gasteiger charge is -2.43. The first-order valence-electron chi connectivity index (χ1n) is 17.1. The second-order valence-corrected chi connectivity index (χ2v) is 14.2. The normalized spacial score (nSPS) is 25.6. The number of amides is 1. The molecule has 0 aromatic heterocycles. The number of ketones is 1. The number of hydrogen-bond acceptors (Lipinski definition) is 6. The van der Waals surface area contributed by atoms with Gasteiger partial charge in [0.05, 0.1) is 39.0 Å². The summed E-state index contributed by atoms with van der Waals surface area (Å²) in [6.45, 7) is 4.78. The molecule has 1 N–H and O–H groups in total. The molecule has 3 aromatic carbocycles. The molecule has 1 aliphatic heterocycles. The Labute approximate surface area is 291 Å². The van der Waals surface area contributed by atoms with Crippen molar-refractivity contribution in [3.05, 3.63) is 106 Å². The molecule has 7 rings (SSSR count). The maximum absolute atomic E-state index is 14.3. The van der Waals surface area contributed by atoms with E-state index in [9.17, 15) is 27.9 Å². The number of rotatable bonds is 6. The van der Waals surface area contributed by atoms with Gasteiger partial charge in [-0.3, -0.25) is 9.69 Å². The molecule has 4 atom stereocenters. The summed E-state index contributed by atoms with van der Waals surface area (Å²) in [4.78, 5) is 29.6. The van der Waals surface area contributed by atoms with Crippen molar-refractivity contribution in [3.63, 3.8) is 0 Å². The third kappa shape index (κ3) is 6.74. The average Bonchev–Trinajstić information content (AvgIpc) is 3.56. The number of alkyl halides is 3. The van der Waals surface area contributed by atoms with Crippen LogP contribution in [0.1, 0.15) is 96.5 Å². The van der Waals surface area contributed by atoms with E-state index in [-0.39, 0.29) is 18.0 Å². The predicted molar refractivity (Wildman–Crippen MR) is 183 cm³/mol. The van der Waals surface area contributed by atoms with E-state index in [1.165, 1.54) is 17.7 Å². The van der Waals surface area contributed by atoms with Crippen molar-refractivity contribution in [2.75, 3.05) is 20.8 Å². The minimum atomic E-state index is -4.60. The van der Waals surface area contributed by atoms with Gasteiger partial charge >= 0.3 is 12.3 Å². The Morgan fingerprint density at radius 2 is 1.84 bits per heavy atom. The van der Waals surface area contributed by atoms with E-state index >= 15 is 0 Å². The number of fused-ring (bicyclic) bond motifs is 8. The van der Waals surface area contributed by atoms with Crippen LogP contribution in [-0.2, 0) is 23.9 Å². The highest BCUT2D eigenvalue weighted by atomic mass is 19.4. The first-order chi connectivity index (χ1) is 23.8. The minimum absolute atomic E-state index is 0.0558. The quantitative estimate of drug-likeness (QED) is 0.206. The van der Waals surface area contributed by atoms with Crippen molar-refractivity contribution in [3.8, 4) is 11.5 Å². The Balaban J connectivity index is 1.42. The van der Waals surface area contributed by atoms with Crippen LogP contribution in [0.4, 0.5) is 18.0 Å². The first-order valence-corrected chi connectivity index (χ1v) is 17.1. The summed E-state index contributed by atoms with van der Waals surface area (Å²) in [5, 5.41) is 10.9. The molecule has 3 aliphatic carbocycles. The van der Waals surface area contributed by atoms with Gasteiger partial charge in [0.25, 0.3) is 0 Å². The van der Waals surface area contributed by atoms with Crippen molar-refractivity contribution in [2.24, 2.45) is 5.41 Å². The number of aliphatic hydroxyl groups excluding tert-OH is 1. The number of ether oxygens (including phenoxy) is 3. The second kappa shape index (κ2) is 13.8. The van der Waals surface area contributed by atoms with Crippen molar-refractivity contribution in [1.29, 1.82) is 0 Å². The second-order valence-electron chi connectivity index (χ2n) is 14.2. The number of halogens is 3. The molecule has 1 saturated heterocycles. The van der Waals surface area contributed by atoms with Crippen LogP contribution < -0.4 is 9.47 Å². The van der Waals surface area contributed by atoms with Crippen LogP contribution in [0.25, 0.3) is 0 Å². The fourth-order valence-corrected chi connectivity index (χ4v) is 8.28. The Kier molecular flexibility index (Phi) is 9.79. The van der Waals surface area contributed by atoms with Gasteiger partial charge in [-0.1, -0.05) is 42.8 Å². The zero-order chi connectivity index (χ0) is 35.8. The van der Waals surface area contributed by atoms with Crippen LogP contribution >= 0.6 is 0 Å². The number of aliphatic hydroxyl groups is 1. The fourth-order valence-electron chi connectivity index (χ4n) is 8.28. The molecule has 50 heavy (non-hydrogen) atoms. The van der Waals surface area contributed by atoms with Gasteiger partial charge in [-0.25, -0.2) is 4.79 Å². The highest BCUT2D eigenvalue weighted by Gasteiger charge is 2.64. The van der Waals surface area contributed by atoms with Crippen LogP contribution in [0.15, 0.2) is 72.3 Å². The summed E-state index contributed by atoms with van der Waals surface area (Å²) in [6, 6.07) is 15.5. The fraction of sp³-hybridized carbons (Fsp3) is 0.450. The van der Waals surface area contributed by atoms with Crippen molar-refractivity contribution in [1.82, 2.24) is 4.90 Å². The van der Waals surface area contributed by atoms with Crippen LogP contribution in [0.2, 0.25) is 0 Å². The third-order valence-electron chi connectivity index (χ3n) is 11.2. The van der Waals surface area contributed by atoms with Crippen LogP contribution in [0.5, 0.6) is 11.5 Å². The summed E-state index contributed by atoms with van der Waals surface area (Å²) in [6.07, 6.45) is 0.544. The summed E-state index contributed by atoms with van der Waals surface area (Å²) in [5.74, 6) is 0.475. The van der Waals surface area contributed by atoms with E-state index in [2.05, 4.69) is 19.9 Å². The first kappa shape index (κ1) is 35.5. The Hall–Kier alpha value is -4.31.